The maximum absolute atomic E-state index is 12.0. The fourth-order valence-corrected chi connectivity index (χ4v) is 2.82. The summed E-state index contributed by atoms with van der Waals surface area (Å²) in [5.41, 5.74) is 8.20. The first kappa shape index (κ1) is 18.6. The first-order valence-corrected chi connectivity index (χ1v) is 8.96. The number of hydrazine groups is 1. The van der Waals surface area contributed by atoms with Gasteiger partial charge in [-0.25, -0.2) is 4.68 Å². The minimum Gasteiger partial charge on any atom is -0.345 e. The van der Waals surface area contributed by atoms with Crippen molar-refractivity contribution in [2.75, 3.05) is 0 Å². The fourth-order valence-electron chi connectivity index (χ4n) is 2.82. The molecule has 0 radical (unpaired) electrons. The molecule has 0 saturated heterocycles. The van der Waals surface area contributed by atoms with Gasteiger partial charge in [-0.05, 0) is 50.8 Å². The summed E-state index contributed by atoms with van der Waals surface area (Å²) in [6, 6.07) is 9.86. The molecule has 142 valence electrons. The van der Waals surface area contributed by atoms with Crippen LogP contribution in [0, 0.1) is 13.8 Å². The van der Waals surface area contributed by atoms with E-state index in [1.165, 1.54) is 0 Å². The van der Waals surface area contributed by atoms with Gasteiger partial charge < -0.3 is 5.32 Å². The third-order valence-electron chi connectivity index (χ3n) is 4.48. The van der Waals surface area contributed by atoms with Crippen molar-refractivity contribution in [1.29, 1.82) is 0 Å². The van der Waals surface area contributed by atoms with Gasteiger partial charge in [-0.1, -0.05) is 18.2 Å². The molecule has 0 unspecified atom stereocenters. The van der Waals surface area contributed by atoms with Crippen LogP contribution >= 0.6 is 0 Å². The number of nitrogens with zero attached hydrogens (tertiary/aromatic N) is 2. The second-order valence-electron chi connectivity index (χ2n) is 6.65. The van der Waals surface area contributed by atoms with Crippen molar-refractivity contribution in [3.05, 3.63) is 47.3 Å². The van der Waals surface area contributed by atoms with Gasteiger partial charge >= 0.3 is 11.8 Å². The number of nitrogens with one attached hydrogen (secondary N) is 3. The Kier molecular flexibility index (Phi) is 5.54. The zero-order chi connectivity index (χ0) is 19.4. The number of aryl methyl sites for hydroxylation is 1. The summed E-state index contributed by atoms with van der Waals surface area (Å²) in [6.45, 7) is 3.87. The second kappa shape index (κ2) is 8.03. The number of carbonyl (C=O) groups is 3. The Labute approximate surface area is 157 Å². The summed E-state index contributed by atoms with van der Waals surface area (Å²) in [4.78, 5) is 35.1. The molecule has 1 aromatic carbocycles. The molecule has 27 heavy (non-hydrogen) atoms. The van der Waals surface area contributed by atoms with Crippen LogP contribution in [0.3, 0.4) is 0 Å². The van der Waals surface area contributed by atoms with E-state index >= 15 is 0 Å². The zero-order valence-electron chi connectivity index (χ0n) is 15.4. The van der Waals surface area contributed by atoms with E-state index in [4.69, 9.17) is 0 Å². The van der Waals surface area contributed by atoms with Gasteiger partial charge in [-0.2, -0.15) is 5.10 Å². The Hall–Kier alpha value is -3.16. The molecule has 3 rings (SSSR count). The molecule has 3 N–H and O–H groups in total. The summed E-state index contributed by atoms with van der Waals surface area (Å²) in [7, 11) is 0. The largest absolute Gasteiger partial charge is 0.345 e. The van der Waals surface area contributed by atoms with Crippen LogP contribution < -0.4 is 16.2 Å². The van der Waals surface area contributed by atoms with Crippen molar-refractivity contribution in [2.24, 2.45) is 0 Å². The Balaban J connectivity index is 1.52. The second-order valence-corrected chi connectivity index (χ2v) is 6.65. The average Bonchev–Trinajstić information content (AvgIpc) is 3.43. The van der Waals surface area contributed by atoms with Gasteiger partial charge in [0.25, 0.3) is 0 Å². The van der Waals surface area contributed by atoms with Gasteiger partial charge in [0.05, 0.1) is 11.4 Å². The number of para-hydroxylation sites is 1. The molecule has 8 nitrogen and oxygen atoms in total. The highest BCUT2D eigenvalue weighted by Crippen LogP contribution is 2.19. The van der Waals surface area contributed by atoms with E-state index in [1.807, 2.05) is 48.9 Å². The lowest BCUT2D eigenvalue weighted by molar-refractivity contribution is -0.141. The Morgan fingerprint density at radius 1 is 1.07 bits per heavy atom. The lowest BCUT2D eigenvalue weighted by atomic mass is 10.1. The predicted molar refractivity (Wildman–Crippen MR) is 98.8 cm³/mol. The van der Waals surface area contributed by atoms with E-state index in [2.05, 4.69) is 21.3 Å². The third kappa shape index (κ3) is 4.72. The summed E-state index contributed by atoms with van der Waals surface area (Å²) in [5.74, 6) is -1.96. The summed E-state index contributed by atoms with van der Waals surface area (Å²) in [6.07, 6.45) is 2.44. The Morgan fingerprint density at radius 2 is 1.78 bits per heavy atom. The number of benzene rings is 1. The normalized spacial score (nSPS) is 13.1. The number of hydrogen-bond acceptors (Lipinski definition) is 4. The molecule has 1 heterocycles. The standard InChI is InChI=1S/C19H23N5O3/c1-12-16(13(2)24(23-12)15-6-4-3-5-7-15)10-11-17(25)21-22-19(27)18(26)20-14-8-9-14/h3-7,14H,8-11H2,1-2H3,(H,20,26)(H,21,25)(H,22,27). The van der Waals surface area contributed by atoms with Gasteiger partial charge in [0.2, 0.25) is 5.91 Å². The van der Waals surface area contributed by atoms with Crippen molar-refractivity contribution >= 4 is 17.7 Å². The Bertz CT molecular complexity index is 856. The number of aromatic nitrogens is 2. The van der Waals surface area contributed by atoms with Crippen LogP contribution in [-0.2, 0) is 20.8 Å². The lowest BCUT2D eigenvalue weighted by Crippen LogP contribution is -2.49. The van der Waals surface area contributed by atoms with Crippen LogP contribution in [0.5, 0.6) is 0 Å². The van der Waals surface area contributed by atoms with Crippen molar-refractivity contribution in [1.82, 2.24) is 25.9 Å². The maximum Gasteiger partial charge on any atom is 0.327 e. The van der Waals surface area contributed by atoms with E-state index in [0.29, 0.717) is 6.42 Å². The van der Waals surface area contributed by atoms with Gasteiger partial charge in [0, 0.05) is 18.2 Å². The minimum absolute atomic E-state index is 0.0889. The molecular formula is C19H23N5O3. The number of rotatable bonds is 5. The molecule has 1 aliphatic rings. The molecule has 1 aromatic heterocycles. The highest BCUT2D eigenvalue weighted by molar-refractivity contribution is 6.35. The van der Waals surface area contributed by atoms with Gasteiger partial charge in [0.15, 0.2) is 0 Å². The average molecular weight is 369 g/mol. The van der Waals surface area contributed by atoms with Gasteiger partial charge in [-0.3, -0.25) is 25.2 Å². The third-order valence-corrected chi connectivity index (χ3v) is 4.48. The monoisotopic (exact) mass is 369 g/mol. The number of amides is 3. The van der Waals surface area contributed by atoms with Crippen molar-refractivity contribution in [3.63, 3.8) is 0 Å². The van der Waals surface area contributed by atoms with Crippen molar-refractivity contribution < 1.29 is 14.4 Å². The lowest BCUT2D eigenvalue weighted by Gasteiger charge is -2.08. The van der Waals surface area contributed by atoms with Gasteiger partial charge in [0.1, 0.15) is 0 Å². The molecule has 0 aliphatic heterocycles. The Morgan fingerprint density at radius 3 is 2.44 bits per heavy atom. The number of carbonyl (C=O) groups excluding carboxylic acids is 3. The zero-order valence-corrected chi connectivity index (χ0v) is 15.4. The SMILES string of the molecule is Cc1nn(-c2ccccc2)c(C)c1CCC(=O)NNC(=O)C(=O)NC1CC1. The van der Waals surface area contributed by atoms with Crippen LogP contribution in [0.4, 0.5) is 0 Å². The number of hydrogen-bond donors (Lipinski definition) is 3. The maximum atomic E-state index is 12.0. The molecular weight excluding hydrogens is 346 g/mol. The molecule has 0 atom stereocenters. The van der Waals surface area contributed by atoms with E-state index < -0.39 is 11.8 Å². The van der Waals surface area contributed by atoms with E-state index in [1.54, 1.807) is 0 Å². The van der Waals surface area contributed by atoms with Crippen LogP contribution in [-0.4, -0.2) is 33.5 Å². The molecule has 1 aliphatic carbocycles. The van der Waals surface area contributed by atoms with Crippen molar-refractivity contribution in [2.45, 2.75) is 45.6 Å². The fraction of sp³-hybridized carbons (Fsp3) is 0.368. The molecule has 2 aromatic rings. The first-order chi connectivity index (χ1) is 13.0. The minimum atomic E-state index is -0.862. The summed E-state index contributed by atoms with van der Waals surface area (Å²) in [5, 5.41) is 7.11. The van der Waals surface area contributed by atoms with E-state index in [0.717, 1.165) is 35.5 Å². The molecule has 0 bridgehead atoms. The van der Waals surface area contributed by atoms with Crippen molar-refractivity contribution in [3.8, 4) is 5.69 Å². The smallest absolute Gasteiger partial charge is 0.327 e. The van der Waals surface area contributed by atoms with Crippen LogP contribution in [0.15, 0.2) is 30.3 Å². The van der Waals surface area contributed by atoms with Crippen LogP contribution in [0.1, 0.15) is 36.2 Å². The van der Waals surface area contributed by atoms with E-state index in [-0.39, 0.29) is 18.4 Å². The first-order valence-electron chi connectivity index (χ1n) is 8.96. The summed E-state index contributed by atoms with van der Waals surface area (Å²) >= 11 is 0. The highest BCUT2D eigenvalue weighted by atomic mass is 16.2. The van der Waals surface area contributed by atoms with Crippen LogP contribution in [0.25, 0.3) is 5.69 Å². The summed E-state index contributed by atoms with van der Waals surface area (Å²) < 4.78 is 1.85. The molecule has 0 spiro atoms. The highest BCUT2D eigenvalue weighted by Gasteiger charge is 2.26. The molecule has 1 fully saturated rings. The van der Waals surface area contributed by atoms with Crippen LogP contribution in [0.2, 0.25) is 0 Å². The van der Waals surface area contributed by atoms with E-state index in [9.17, 15) is 14.4 Å². The quantitative estimate of drug-likeness (QED) is 0.537. The predicted octanol–water partition coefficient (Wildman–Crippen LogP) is 0.848. The topological polar surface area (TPSA) is 105 Å². The molecule has 1 saturated carbocycles. The van der Waals surface area contributed by atoms with Gasteiger partial charge in [-0.15, -0.1) is 0 Å². The molecule has 3 amide bonds. The molecule has 8 heteroatoms.